The maximum atomic E-state index is 12.2. The van der Waals surface area contributed by atoms with Crippen molar-refractivity contribution >= 4 is 17.6 Å². The number of amides is 1. The van der Waals surface area contributed by atoms with Crippen molar-refractivity contribution in [2.24, 2.45) is 0 Å². The number of nitrogens with one attached hydrogen (secondary N) is 1. The molecular formula is C21H17NO4. The van der Waals surface area contributed by atoms with Crippen molar-refractivity contribution in [1.29, 1.82) is 0 Å². The van der Waals surface area contributed by atoms with Crippen molar-refractivity contribution in [2.45, 2.75) is 6.42 Å². The zero-order valence-corrected chi connectivity index (χ0v) is 13.9. The number of aromatic carboxylic acids is 1. The third kappa shape index (κ3) is 4.48. The van der Waals surface area contributed by atoms with Crippen LogP contribution in [0.4, 0.5) is 5.69 Å². The molecule has 3 rings (SSSR count). The van der Waals surface area contributed by atoms with Crippen LogP contribution in [0.15, 0.2) is 78.9 Å². The Morgan fingerprint density at radius 2 is 1.42 bits per heavy atom. The maximum absolute atomic E-state index is 12.2. The van der Waals surface area contributed by atoms with Crippen LogP contribution < -0.4 is 10.1 Å². The van der Waals surface area contributed by atoms with Crippen LogP contribution in [-0.4, -0.2) is 17.0 Å². The molecule has 0 saturated heterocycles. The van der Waals surface area contributed by atoms with E-state index in [9.17, 15) is 9.59 Å². The Morgan fingerprint density at radius 1 is 0.808 bits per heavy atom. The first-order chi connectivity index (χ1) is 12.6. The first kappa shape index (κ1) is 17.2. The lowest BCUT2D eigenvalue weighted by molar-refractivity contribution is -0.115. The maximum Gasteiger partial charge on any atom is 0.337 e. The van der Waals surface area contributed by atoms with Gasteiger partial charge in [0.15, 0.2) is 0 Å². The van der Waals surface area contributed by atoms with E-state index in [-0.39, 0.29) is 23.6 Å². The second-order valence-corrected chi connectivity index (χ2v) is 5.63. The van der Waals surface area contributed by atoms with E-state index in [1.54, 1.807) is 42.5 Å². The third-order valence-corrected chi connectivity index (χ3v) is 3.70. The Labute approximate surface area is 150 Å². The van der Waals surface area contributed by atoms with Crippen LogP contribution in [0.1, 0.15) is 15.9 Å². The standard InChI is InChI=1S/C21H17NO4/c23-20(22-19-9-5-4-8-18(19)21(24)25)14-15-10-12-17(13-11-15)26-16-6-2-1-3-7-16/h1-13H,14H2,(H,22,23)(H,24,25). The number of carbonyl (C=O) groups is 2. The van der Waals surface area contributed by atoms with Crippen molar-refractivity contribution < 1.29 is 19.4 Å². The van der Waals surface area contributed by atoms with Gasteiger partial charge >= 0.3 is 5.97 Å². The average Bonchev–Trinajstić information content (AvgIpc) is 2.64. The highest BCUT2D eigenvalue weighted by Gasteiger charge is 2.12. The Morgan fingerprint density at radius 3 is 2.12 bits per heavy atom. The highest BCUT2D eigenvalue weighted by atomic mass is 16.5. The van der Waals surface area contributed by atoms with Gasteiger partial charge in [-0.25, -0.2) is 4.79 Å². The van der Waals surface area contributed by atoms with Gasteiger partial charge in [-0.2, -0.15) is 0 Å². The summed E-state index contributed by atoms with van der Waals surface area (Å²) in [5.41, 5.74) is 1.15. The molecule has 0 aromatic heterocycles. The number of para-hydroxylation sites is 2. The molecule has 0 spiro atoms. The molecule has 26 heavy (non-hydrogen) atoms. The van der Waals surface area contributed by atoms with E-state index in [1.165, 1.54) is 6.07 Å². The summed E-state index contributed by atoms with van der Waals surface area (Å²) in [5, 5.41) is 11.8. The van der Waals surface area contributed by atoms with Crippen molar-refractivity contribution in [3.8, 4) is 11.5 Å². The molecule has 0 atom stereocenters. The number of carboxylic acid groups (broad SMARTS) is 1. The Kier molecular flexibility index (Phi) is 5.29. The van der Waals surface area contributed by atoms with E-state index in [4.69, 9.17) is 9.84 Å². The van der Waals surface area contributed by atoms with Crippen molar-refractivity contribution in [3.63, 3.8) is 0 Å². The second kappa shape index (κ2) is 7.98. The second-order valence-electron chi connectivity index (χ2n) is 5.63. The van der Waals surface area contributed by atoms with E-state index in [0.29, 0.717) is 5.75 Å². The Balaban J connectivity index is 1.62. The number of carboxylic acids is 1. The Bertz CT molecular complexity index is 905. The first-order valence-corrected chi connectivity index (χ1v) is 8.06. The van der Waals surface area contributed by atoms with Crippen molar-refractivity contribution in [2.75, 3.05) is 5.32 Å². The molecule has 0 fully saturated rings. The van der Waals surface area contributed by atoms with E-state index in [0.717, 1.165) is 11.3 Å². The summed E-state index contributed by atoms with van der Waals surface area (Å²) in [6.07, 6.45) is 0.138. The van der Waals surface area contributed by atoms with Crippen LogP contribution in [0.3, 0.4) is 0 Å². The minimum absolute atomic E-state index is 0.0625. The van der Waals surface area contributed by atoms with Crippen LogP contribution in [0.2, 0.25) is 0 Å². The number of carbonyl (C=O) groups excluding carboxylic acids is 1. The average molecular weight is 347 g/mol. The van der Waals surface area contributed by atoms with Gasteiger partial charge in [0, 0.05) is 0 Å². The predicted molar refractivity (Wildman–Crippen MR) is 98.7 cm³/mol. The van der Waals surface area contributed by atoms with Gasteiger partial charge in [-0.05, 0) is 42.0 Å². The molecule has 2 N–H and O–H groups in total. The van der Waals surface area contributed by atoms with Gasteiger partial charge in [-0.1, -0.05) is 42.5 Å². The normalized spacial score (nSPS) is 10.2. The largest absolute Gasteiger partial charge is 0.478 e. The van der Waals surface area contributed by atoms with Gasteiger partial charge in [-0.15, -0.1) is 0 Å². The minimum atomic E-state index is -1.08. The van der Waals surface area contributed by atoms with Crippen LogP contribution in [-0.2, 0) is 11.2 Å². The summed E-state index contributed by atoms with van der Waals surface area (Å²) < 4.78 is 5.71. The summed E-state index contributed by atoms with van der Waals surface area (Å²) >= 11 is 0. The summed E-state index contributed by atoms with van der Waals surface area (Å²) in [7, 11) is 0. The topological polar surface area (TPSA) is 75.6 Å². The van der Waals surface area contributed by atoms with E-state index in [1.807, 2.05) is 30.3 Å². The summed E-state index contributed by atoms with van der Waals surface area (Å²) in [4.78, 5) is 23.4. The van der Waals surface area contributed by atoms with Gasteiger partial charge in [0.25, 0.3) is 0 Å². The van der Waals surface area contributed by atoms with Gasteiger partial charge in [0.1, 0.15) is 11.5 Å². The third-order valence-electron chi connectivity index (χ3n) is 3.70. The van der Waals surface area contributed by atoms with E-state index >= 15 is 0 Å². The SMILES string of the molecule is O=C(Cc1ccc(Oc2ccccc2)cc1)Nc1ccccc1C(=O)O. The number of ether oxygens (including phenoxy) is 1. The molecule has 130 valence electrons. The first-order valence-electron chi connectivity index (χ1n) is 8.06. The molecule has 0 aliphatic carbocycles. The monoisotopic (exact) mass is 347 g/mol. The van der Waals surface area contributed by atoms with Crippen LogP contribution >= 0.6 is 0 Å². The van der Waals surface area contributed by atoms with Gasteiger partial charge in [0.2, 0.25) is 5.91 Å². The molecule has 0 saturated carbocycles. The number of hydrogen-bond acceptors (Lipinski definition) is 3. The lowest BCUT2D eigenvalue weighted by Crippen LogP contribution is -2.16. The number of anilines is 1. The fourth-order valence-electron chi connectivity index (χ4n) is 2.46. The lowest BCUT2D eigenvalue weighted by Gasteiger charge is -2.09. The summed E-state index contributed by atoms with van der Waals surface area (Å²) in [5.74, 6) is 0.0543. The van der Waals surface area contributed by atoms with Crippen LogP contribution in [0, 0.1) is 0 Å². The van der Waals surface area contributed by atoms with E-state index < -0.39 is 5.97 Å². The Hall–Kier alpha value is -3.60. The molecule has 0 heterocycles. The van der Waals surface area contributed by atoms with Crippen LogP contribution in [0.25, 0.3) is 0 Å². The lowest BCUT2D eigenvalue weighted by atomic mass is 10.1. The number of benzene rings is 3. The fraction of sp³-hybridized carbons (Fsp3) is 0.0476. The zero-order chi connectivity index (χ0) is 18.4. The highest BCUT2D eigenvalue weighted by molar-refractivity contribution is 6.00. The van der Waals surface area contributed by atoms with Crippen molar-refractivity contribution in [3.05, 3.63) is 90.0 Å². The molecule has 5 nitrogen and oxygen atoms in total. The predicted octanol–water partition coefficient (Wildman–Crippen LogP) is 4.36. The smallest absolute Gasteiger partial charge is 0.337 e. The van der Waals surface area contributed by atoms with E-state index in [2.05, 4.69) is 5.32 Å². The molecule has 0 aliphatic heterocycles. The van der Waals surface area contributed by atoms with Crippen LogP contribution in [0.5, 0.6) is 11.5 Å². The van der Waals surface area contributed by atoms with Gasteiger partial charge < -0.3 is 15.2 Å². The molecule has 3 aromatic rings. The zero-order valence-electron chi connectivity index (χ0n) is 13.9. The molecule has 0 radical (unpaired) electrons. The fourth-order valence-corrected chi connectivity index (χ4v) is 2.46. The molecule has 1 amide bonds. The molecular weight excluding hydrogens is 330 g/mol. The molecule has 0 unspecified atom stereocenters. The summed E-state index contributed by atoms with van der Waals surface area (Å²) in [6.45, 7) is 0. The number of hydrogen-bond donors (Lipinski definition) is 2. The number of rotatable bonds is 6. The minimum Gasteiger partial charge on any atom is -0.478 e. The van der Waals surface area contributed by atoms with Crippen molar-refractivity contribution in [1.82, 2.24) is 0 Å². The molecule has 3 aromatic carbocycles. The molecule has 0 bridgehead atoms. The highest BCUT2D eigenvalue weighted by Crippen LogP contribution is 2.21. The molecule has 5 heteroatoms. The van der Waals surface area contributed by atoms with Gasteiger partial charge in [-0.3, -0.25) is 4.79 Å². The molecule has 0 aliphatic rings. The summed E-state index contributed by atoms with van der Waals surface area (Å²) in [6, 6.07) is 22.9. The van der Waals surface area contributed by atoms with Gasteiger partial charge in [0.05, 0.1) is 17.7 Å². The quantitative estimate of drug-likeness (QED) is 0.695.